The standard InChI is InChI=1S/C22H28N2O4S/c25-19(14-9-3-4-10-15(14)22(27)28)24-21-18(16-11-5-6-12-17(16)29-21)20(26)23-13-7-1-2-8-13/h3-4,13-15H,1-2,5-12H2,(H,23,26)(H,24,25)(H,27,28)/t14-,15+/m0/s1. The van der Waals surface area contributed by atoms with Gasteiger partial charge in [0, 0.05) is 10.9 Å². The number of carbonyl (C=O) groups is 3. The van der Waals surface area contributed by atoms with E-state index in [1.807, 2.05) is 12.2 Å². The van der Waals surface area contributed by atoms with Crippen LogP contribution in [0.4, 0.5) is 5.00 Å². The van der Waals surface area contributed by atoms with Crippen molar-refractivity contribution >= 4 is 34.1 Å². The Hall–Kier alpha value is -2.15. The zero-order chi connectivity index (χ0) is 20.4. The second-order valence-corrected chi connectivity index (χ2v) is 9.46. The van der Waals surface area contributed by atoms with Gasteiger partial charge in [-0.2, -0.15) is 0 Å². The molecule has 0 aromatic carbocycles. The third-order valence-corrected chi connectivity index (χ3v) is 7.62. The van der Waals surface area contributed by atoms with Gasteiger partial charge >= 0.3 is 5.97 Å². The first-order chi connectivity index (χ1) is 14.0. The van der Waals surface area contributed by atoms with E-state index in [2.05, 4.69) is 10.6 Å². The number of amides is 2. The van der Waals surface area contributed by atoms with Crippen molar-refractivity contribution in [3.05, 3.63) is 28.2 Å². The van der Waals surface area contributed by atoms with Gasteiger partial charge in [-0.25, -0.2) is 0 Å². The first-order valence-corrected chi connectivity index (χ1v) is 11.5. The molecule has 2 atom stereocenters. The molecule has 2 amide bonds. The summed E-state index contributed by atoms with van der Waals surface area (Å²) in [6, 6.07) is 0.213. The van der Waals surface area contributed by atoms with Gasteiger partial charge < -0.3 is 15.7 Å². The maximum atomic E-state index is 13.1. The number of aliphatic carboxylic acids is 1. The smallest absolute Gasteiger partial charge is 0.307 e. The molecule has 0 unspecified atom stereocenters. The predicted octanol–water partition coefficient (Wildman–Crippen LogP) is 3.90. The number of allylic oxidation sites excluding steroid dienone is 2. The molecule has 29 heavy (non-hydrogen) atoms. The minimum absolute atomic E-state index is 0.0927. The lowest BCUT2D eigenvalue weighted by atomic mass is 9.82. The molecule has 1 aromatic heterocycles. The Bertz CT molecular complexity index is 838. The van der Waals surface area contributed by atoms with E-state index in [4.69, 9.17) is 0 Å². The minimum atomic E-state index is -0.945. The lowest BCUT2D eigenvalue weighted by Gasteiger charge is -2.24. The Morgan fingerprint density at radius 3 is 2.38 bits per heavy atom. The van der Waals surface area contributed by atoms with Crippen LogP contribution in [-0.2, 0) is 22.4 Å². The number of carboxylic acids is 1. The third-order valence-electron chi connectivity index (χ3n) is 6.41. The van der Waals surface area contributed by atoms with E-state index >= 15 is 0 Å². The van der Waals surface area contributed by atoms with Crippen molar-refractivity contribution in [1.82, 2.24) is 5.32 Å². The van der Waals surface area contributed by atoms with E-state index in [0.29, 0.717) is 23.4 Å². The van der Waals surface area contributed by atoms with Gasteiger partial charge in [-0.15, -0.1) is 11.3 Å². The number of carboxylic acid groups (broad SMARTS) is 1. The lowest BCUT2D eigenvalue weighted by molar-refractivity contribution is -0.146. The van der Waals surface area contributed by atoms with Gasteiger partial charge in [0.1, 0.15) is 5.00 Å². The van der Waals surface area contributed by atoms with Crippen LogP contribution in [0.5, 0.6) is 0 Å². The highest BCUT2D eigenvalue weighted by Gasteiger charge is 2.35. The molecule has 6 nitrogen and oxygen atoms in total. The molecule has 1 fully saturated rings. The predicted molar refractivity (Wildman–Crippen MR) is 112 cm³/mol. The molecule has 3 aliphatic carbocycles. The lowest BCUT2D eigenvalue weighted by Crippen LogP contribution is -2.36. The highest BCUT2D eigenvalue weighted by Crippen LogP contribution is 2.39. The van der Waals surface area contributed by atoms with Gasteiger partial charge in [0.15, 0.2) is 0 Å². The van der Waals surface area contributed by atoms with E-state index in [0.717, 1.165) is 56.9 Å². The molecule has 3 N–H and O–H groups in total. The summed E-state index contributed by atoms with van der Waals surface area (Å²) in [6.07, 6.45) is 12.7. The largest absolute Gasteiger partial charge is 0.481 e. The normalized spacial score (nSPS) is 24.1. The van der Waals surface area contributed by atoms with Crippen molar-refractivity contribution in [2.75, 3.05) is 5.32 Å². The van der Waals surface area contributed by atoms with Crippen LogP contribution in [0.2, 0.25) is 0 Å². The highest BCUT2D eigenvalue weighted by atomic mass is 32.1. The van der Waals surface area contributed by atoms with E-state index in [9.17, 15) is 19.5 Å². The van der Waals surface area contributed by atoms with Crippen molar-refractivity contribution in [2.24, 2.45) is 11.8 Å². The third kappa shape index (κ3) is 4.25. The Kier molecular flexibility index (Phi) is 6.04. The van der Waals surface area contributed by atoms with E-state index in [1.165, 1.54) is 16.2 Å². The summed E-state index contributed by atoms with van der Waals surface area (Å²) in [5.41, 5.74) is 1.69. The average Bonchev–Trinajstić information content (AvgIpc) is 3.34. The molecule has 0 radical (unpaired) electrons. The van der Waals surface area contributed by atoms with Gasteiger partial charge in [-0.1, -0.05) is 25.0 Å². The van der Waals surface area contributed by atoms with E-state index < -0.39 is 17.8 Å². The van der Waals surface area contributed by atoms with Crippen molar-refractivity contribution < 1.29 is 19.5 Å². The number of nitrogens with one attached hydrogen (secondary N) is 2. The Balaban J connectivity index is 1.58. The second kappa shape index (κ2) is 8.69. The fraction of sp³-hybridized carbons (Fsp3) is 0.591. The zero-order valence-electron chi connectivity index (χ0n) is 16.5. The fourth-order valence-electron chi connectivity index (χ4n) is 4.80. The number of fused-ring (bicyclic) bond motifs is 1. The van der Waals surface area contributed by atoms with Gasteiger partial charge in [0.05, 0.1) is 17.4 Å². The molecular weight excluding hydrogens is 388 g/mol. The highest BCUT2D eigenvalue weighted by molar-refractivity contribution is 7.17. The maximum Gasteiger partial charge on any atom is 0.307 e. The molecule has 0 aliphatic heterocycles. The van der Waals surface area contributed by atoms with Crippen molar-refractivity contribution in [3.8, 4) is 0 Å². The quantitative estimate of drug-likeness (QED) is 0.634. The molecule has 156 valence electrons. The molecule has 7 heteroatoms. The number of aryl methyl sites for hydroxylation is 1. The van der Waals surface area contributed by atoms with Gasteiger partial charge in [0.2, 0.25) is 5.91 Å². The van der Waals surface area contributed by atoms with Crippen LogP contribution in [-0.4, -0.2) is 28.9 Å². The van der Waals surface area contributed by atoms with Crippen molar-refractivity contribution in [2.45, 2.75) is 70.3 Å². The second-order valence-electron chi connectivity index (χ2n) is 8.35. The summed E-state index contributed by atoms with van der Waals surface area (Å²) in [7, 11) is 0. The van der Waals surface area contributed by atoms with Crippen LogP contribution >= 0.6 is 11.3 Å². The van der Waals surface area contributed by atoms with Crippen LogP contribution in [0.25, 0.3) is 0 Å². The van der Waals surface area contributed by atoms with Gasteiger partial charge in [0.25, 0.3) is 5.91 Å². The van der Waals surface area contributed by atoms with Gasteiger partial charge in [-0.05, 0) is 56.9 Å². The van der Waals surface area contributed by atoms with Crippen LogP contribution in [0.15, 0.2) is 12.2 Å². The Labute approximate surface area is 174 Å². The van der Waals surface area contributed by atoms with Crippen LogP contribution < -0.4 is 10.6 Å². The van der Waals surface area contributed by atoms with Crippen LogP contribution in [0, 0.1) is 11.8 Å². The number of thiophene rings is 1. The molecule has 3 aliphatic rings. The molecule has 4 rings (SSSR count). The number of hydrogen-bond donors (Lipinski definition) is 3. The van der Waals surface area contributed by atoms with E-state index in [1.54, 1.807) is 0 Å². The maximum absolute atomic E-state index is 13.1. The summed E-state index contributed by atoms with van der Waals surface area (Å²) in [4.78, 5) is 38.9. The summed E-state index contributed by atoms with van der Waals surface area (Å²) in [6.45, 7) is 0. The van der Waals surface area contributed by atoms with Gasteiger partial charge in [-0.3, -0.25) is 14.4 Å². The SMILES string of the molecule is O=C(NC1CCCC1)c1c(NC(=O)[C@H]2CC=CC[C@H]2C(=O)O)sc2c1CCCC2. The average molecular weight is 417 g/mol. The molecular formula is C22H28N2O4S. The number of rotatable bonds is 5. The summed E-state index contributed by atoms with van der Waals surface area (Å²) in [5, 5.41) is 16.2. The molecule has 0 saturated heterocycles. The molecule has 0 bridgehead atoms. The Morgan fingerprint density at radius 2 is 1.66 bits per heavy atom. The topological polar surface area (TPSA) is 95.5 Å². The molecule has 0 spiro atoms. The number of anilines is 1. The van der Waals surface area contributed by atoms with Crippen molar-refractivity contribution in [3.63, 3.8) is 0 Å². The number of hydrogen-bond acceptors (Lipinski definition) is 4. The summed E-state index contributed by atoms with van der Waals surface area (Å²) >= 11 is 1.49. The zero-order valence-corrected chi connectivity index (χ0v) is 17.4. The minimum Gasteiger partial charge on any atom is -0.481 e. The first kappa shape index (κ1) is 20.1. The molecule has 1 heterocycles. The first-order valence-electron chi connectivity index (χ1n) is 10.7. The fourth-order valence-corrected chi connectivity index (χ4v) is 6.09. The van der Waals surface area contributed by atoms with Crippen LogP contribution in [0.3, 0.4) is 0 Å². The summed E-state index contributed by atoms with van der Waals surface area (Å²) in [5.74, 6) is -2.66. The van der Waals surface area contributed by atoms with Crippen molar-refractivity contribution in [1.29, 1.82) is 0 Å². The number of carbonyl (C=O) groups excluding carboxylic acids is 2. The molecule has 1 aromatic rings. The summed E-state index contributed by atoms with van der Waals surface area (Å²) < 4.78 is 0. The molecule has 1 saturated carbocycles. The van der Waals surface area contributed by atoms with Crippen LogP contribution in [0.1, 0.15) is 72.2 Å². The van der Waals surface area contributed by atoms with E-state index in [-0.39, 0.29) is 17.9 Å². The Morgan fingerprint density at radius 1 is 0.966 bits per heavy atom. The monoisotopic (exact) mass is 416 g/mol.